The van der Waals surface area contributed by atoms with Crippen LogP contribution in [0.1, 0.15) is 10.5 Å². The highest BCUT2D eigenvalue weighted by Gasteiger charge is 2.29. The summed E-state index contributed by atoms with van der Waals surface area (Å²) in [7, 11) is 0. The first-order chi connectivity index (χ1) is 11.0. The van der Waals surface area contributed by atoms with E-state index in [9.17, 15) is 29.8 Å². The number of hydrogen-bond acceptors (Lipinski definition) is 8. The van der Waals surface area contributed by atoms with E-state index < -0.39 is 15.8 Å². The summed E-state index contributed by atoms with van der Waals surface area (Å²) in [5.74, 6) is -0.623. The molecule has 0 fully saturated rings. The maximum Gasteiger partial charge on any atom is 0.243 e. The standard InChI is InChI=1S/C6H5N3O4.C6H4N2O2/c10-8(11)7(9(12)13)6-4-2-1-3-5-6;9-3-6(10)5-1-2-7-4-8-5/h1-5H;1-4H. The van der Waals surface area contributed by atoms with E-state index in [1.165, 1.54) is 42.9 Å². The van der Waals surface area contributed by atoms with Gasteiger partial charge in [-0.2, -0.15) is 0 Å². The average Bonchev–Trinajstić information content (AvgIpc) is 2.56. The van der Waals surface area contributed by atoms with Crippen molar-refractivity contribution >= 4 is 17.8 Å². The number of para-hydroxylation sites is 1. The first-order valence-electron chi connectivity index (χ1n) is 5.86. The largest absolute Gasteiger partial charge is 0.294 e. The molecule has 118 valence electrons. The number of hydrazine groups is 2. The summed E-state index contributed by atoms with van der Waals surface area (Å²) < 4.78 is 0. The molecule has 0 radical (unpaired) electrons. The Kier molecular flexibility index (Phi) is 6.40. The van der Waals surface area contributed by atoms with Gasteiger partial charge < -0.3 is 0 Å². The van der Waals surface area contributed by atoms with Crippen LogP contribution in [0.15, 0.2) is 48.9 Å². The Morgan fingerprint density at radius 1 is 1.09 bits per heavy atom. The van der Waals surface area contributed by atoms with Gasteiger partial charge >= 0.3 is 0 Å². The maximum atomic E-state index is 10.6. The van der Waals surface area contributed by atoms with Crippen molar-refractivity contribution in [1.29, 1.82) is 0 Å². The molecule has 0 amide bonds. The van der Waals surface area contributed by atoms with Gasteiger partial charge in [-0.1, -0.05) is 18.2 Å². The zero-order valence-electron chi connectivity index (χ0n) is 11.4. The third-order valence-corrected chi connectivity index (χ3v) is 2.24. The lowest BCUT2D eigenvalue weighted by Gasteiger charge is -2.01. The Balaban J connectivity index is 0.000000238. The third kappa shape index (κ3) is 5.26. The topological polar surface area (TPSA) is 149 Å². The Morgan fingerprint density at radius 2 is 1.70 bits per heavy atom. The number of aromatic nitrogens is 2. The molecule has 23 heavy (non-hydrogen) atoms. The van der Waals surface area contributed by atoms with Crippen molar-refractivity contribution < 1.29 is 19.7 Å². The summed E-state index contributed by atoms with van der Waals surface area (Å²) in [6, 6.07) is 8.53. The van der Waals surface area contributed by atoms with Gasteiger partial charge in [0, 0.05) is 6.20 Å². The van der Waals surface area contributed by atoms with Crippen molar-refractivity contribution in [2.45, 2.75) is 0 Å². The Hall–Kier alpha value is -3.76. The second-order valence-corrected chi connectivity index (χ2v) is 3.68. The molecule has 2 aromatic rings. The summed E-state index contributed by atoms with van der Waals surface area (Å²) in [6.45, 7) is 0. The van der Waals surface area contributed by atoms with Crippen molar-refractivity contribution in [2.24, 2.45) is 0 Å². The van der Waals surface area contributed by atoms with Gasteiger partial charge in [0.2, 0.25) is 15.8 Å². The van der Waals surface area contributed by atoms with Gasteiger partial charge in [0.15, 0.2) is 17.1 Å². The molecule has 0 saturated carbocycles. The highest BCUT2D eigenvalue weighted by Crippen LogP contribution is 2.12. The van der Waals surface area contributed by atoms with Crippen LogP contribution in [0.5, 0.6) is 0 Å². The Labute approximate surface area is 128 Å². The van der Waals surface area contributed by atoms with Gasteiger partial charge in [-0.25, -0.2) is 30.2 Å². The van der Waals surface area contributed by atoms with E-state index in [-0.39, 0.29) is 22.8 Å². The van der Waals surface area contributed by atoms with Crippen LogP contribution < -0.4 is 5.12 Å². The monoisotopic (exact) mass is 319 g/mol. The van der Waals surface area contributed by atoms with E-state index in [1.54, 1.807) is 6.07 Å². The average molecular weight is 319 g/mol. The molecular weight excluding hydrogens is 310 g/mol. The minimum atomic E-state index is -1.09. The SMILES string of the molecule is O=CC(=O)c1ccncn1.O=[N+]([O-])N(c1ccccc1)[N+](=O)[O-]. The highest BCUT2D eigenvalue weighted by molar-refractivity contribution is 6.32. The van der Waals surface area contributed by atoms with Crippen molar-refractivity contribution in [2.75, 3.05) is 5.12 Å². The van der Waals surface area contributed by atoms with Crippen LogP contribution in [0.3, 0.4) is 0 Å². The maximum absolute atomic E-state index is 10.6. The molecule has 0 N–H and O–H groups in total. The van der Waals surface area contributed by atoms with Crippen molar-refractivity contribution in [3.8, 4) is 0 Å². The first kappa shape index (κ1) is 17.3. The number of anilines is 1. The van der Waals surface area contributed by atoms with E-state index in [0.29, 0.717) is 0 Å². The van der Waals surface area contributed by atoms with Crippen LogP contribution in [0.4, 0.5) is 5.69 Å². The number of Topliss-reactive ketones (excluding diaryl/α,β-unsaturated/α-hetero) is 1. The molecule has 1 aromatic heterocycles. The van der Waals surface area contributed by atoms with Gasteiger partial charge in [-0.15, -0.1) is 0 Å². The van der Waals surface area contributed by atoms with E-state index in [0.717, 1.165) is 0 Å². The fourth-order valence-electron chi connectivity index (χ4n) is 1.31. The predicted molar refractivity (Wildman–Crippen MR) is 75.3 cm³/mol. The number of carbonyl (C=O) groups excluding carboxylic acids is 2. The van der Waals surface area contributed by atoms with Gasteiger partial charge in [-0.3, -0.25) is 9.59 Å². The van der Waals surface area contributed by atoms with Gasteiger partial charge in [-0.05, 0) is 18.2 Å². The zero-order valence-corrected chi connectivity index (χ0v) is 11.4. The molecular formula is C12H9N5O6. The number of rotatable bonds is 5. The number of nitrogens with zero attached hydrogens (tertiary/aromatic N) is 5. The fourth-order valence-corrected chi connectivity index (χ4v) is 1.31. The number of aldehydes is 1. The van der Waals surface area contributed by atoms with Crippen LogP contribution in [0, 0.1) is 20.2 Å². The normalized spacial score (nSPS) is 9.04. The van der Waals surface area contributed by atoms with Crippen LogP contribution in [-0.2, 0) is 4.79 Å². The first-order valence-corrected chi connectivity index (χ1v) is 5.86. The molecule has 0 aliphatic rings. The van der Waals surface area contributed by atoms with Crippen LogP contribution in [0.2, 0.25) is 0 Å². The van der Waals surface area contributed by atoms with E-state index >= 15 is 0 Å². The van der Waals surface area contributed by atoms with Crippen LogP contribution in [0.25, 0.3) is 0 Å². The lowest BCUT2D eigenvalue weighted by Crippen LogP contribution is -2.35. The molecule has 0 bridgehead atoms. The lowest BCUT2D eigenvalue weighted by atomic mass is 10.3. The molecule has 11 nitrogen and oxygen atoms in total. The Morgan fingerprint density at radius 3 is 2.13 bits per heavy atom. The smallest absolute Gasteiger partial charge is 0.243 e. The number of hydrogen-bond donors (Lipinski definition) is 0. The molecule has 2 rings (SSSR count). The van der Waals surface area contributed by atoms with Crippen molar-refractivity contribution in [3.63, 3.8) is 0 Å². The molecule has 0 spiro atoms. The quantitative estimate of drug-likeness (QED) is 0.255. The highest BCUT2D eigenvalue weighted by atomic mass is 16.8. The van der Waals surface area contributed by atoms with Gasteiger partial charge in [0.05, 0.1) is 0 Å². The number of carbonyl (C=O) groups is 2. The summed E-state index contributed by atoms with van der Waals surface area (Å²) in [6.07, 6.45) is 2.85. The summed E-state index contributed by atoms with van der Waals surface area (Å²) in [5.41, 5.74) is 0.0440. The third-order valence-electron chi connectivity index (χ3n) is 2.24. The van der Waals surface area contributed by atoms with E-state index in [4.69, 9.17) is 0 Å². The second-order valence-electron chi connectivity index (χ2n) is 3.68. The Bertz CT molecular complexity index is 680. The molecule has 1 aromatic carbocycles. The van der Waals surface area contributed by atoms with E-state index in [2.05, 4.69) is 9.97 Å². The summed E-state index contributed by atoms with van der Waals surface area (Å²) in [4.78, 5) is 48.1. The molecule has 0 saturated heterocycles. The minimum absolute atomic E-state index is 0.0856. The zero-order chi connectivity index (χ0) is 17.2. The molecule has 0 unspecified atom stereocenters. The summed E-state index contributed by atoms with van der Waals surface area (Å²) >= 11 is 0. The van der Waals surface area contributed by atoms with E-state index in [1.807, 2.05) is 0 Å². The lowest BCUT2D eigenvalue weighted by molar-refractivity contribution is -0.711. The van der Waals surface area contributed by atoms with Gasteiger partial charge in [0.1, 0.15) is 12.0 Å². The molecule has 1 heterocycles. The van der Waals surface area contributed by atoms with Crippen molar-refractivity contribution in [1.82, 2.24) is 9.97 Å². The summed E-state index contributed by atoms with van der Waals surface area (Å²) in [5, 5.41) is 18.1. The molecule has 0 aliphatic heterocycles. The molecule has 0 atom stereocenters. The number of ketones is 1. The second kappa shape index (κ2) is 8.51. The van der Waals surface area contributed by atoms with Crippen LogP contribution in [-0.4, -0.2) is 32.1 Å². The fraction of sp³-hybridized carbons (Fsp3) is 0. The molecule has 11 heteroatoms. The van der Waals surface area contributed by atoms with Gasteiger partial charge in [0.25, 0.3) is 0 Å². The minimum Gasteiger partial charge on any atom is -0.294 e. The predicted octanol–water partition coefficient (Wildman–Crippen LogP) is 0.735. The molecule has 0 aliphatic carbocycles. The van der Waals surface area contributed by atoms with Crippen molar-refractivity contribution in [3.05, 3.63) is 74.8 Å². The number of nitro groups is 2. The number of benzene rings is 1. The van der Waals surface area contributed by atoms with Crippen LogP contribution >= 0.6 is 0 Å².